The van der Waals surface area contributed by atoms with Gasteiger partial charge in [-0.25, -0.2) is 0 Å². The zero-order chi connectivity index (χ0) is 11.6. The number of nitrogens with two attached hydrogens (primary N) is 1. The molecule has 3 nitrogen and oxygen atoms in total. The molecule has 0 saturated carbocycles. The summed E-state index contributed by atoms with van der Waals surface area (Å²) in [6, 6.07) is 0.306. The first-order valence-electron chi connectivity index (χ1n) is 5.89. The third-order valence-corrected chi connectivity index (χ3v) is 3.02. The minimum atomic E-state index is -0.197. The monoisotopic (exact) mass is 212 g/mol. The molecule has 88 valence electrons. The summed E-state index contributed by atoms with van der Waals surface area (Å²) in [5, 5.41) is 0. The predicted octanol–water partition coefficient (Wildman–Crippen LogP) is 1.76. The first-order valence-corrected chi connectivity index (χ1v) is 5.89. The number of hydrogen-bond donors (Lipinski definition) is 1. The van der Waals surface area contributed by atoms with Crippen molar-refractivity contribution in [2.45, 2.75) is 58.5 Å². The standard InChI is InChI=1S/C12H24N2O/c1-9(2)10(8-12(3,4)13)14-7-5-6-11(14)15/h9-10H,5-8,13H2,1-4H3. The third kappa shape index (κ3) is 3.49. The SMILES string of the molecule is CC(C)C(CC(C)(C)N)N1CCCC1=O. The summed E-state index contributed by atoms with van der Waals surface area (Å²) < 4.78 is 0. The Morgan fingerprint density at radius 2 is 2.07 bits per heavy atom. The van der Waals surface area contributed by atoms with Crippen molar-refractivity contribution in [2.24, 2.45) is 11.7 Å². The van der Waals surface area contributed by atoms with Crippen molar-refractivity contribution < 1.29 is 4.79 Å². The van der Waals surface area contributed by atoms with Crippen LogP contribution in [-0.4, -0.2) is 28.9 Å². The second-order valence-corrected chi connectivity index (χ2v) is 5.69. The van der Waals surface area contributed by atoms with Gasteiger partial charge in [0, 0.05) is 24.5 Å². The summed E-state index contributed by atoms with van der Waals surface area (Å²) in [4.78, 5) is 13.7. The maximum Gasteiger partial charge on any atom is 0.222 e. The lowest BCUT2D eigenvalue weighted by Gasteiger charge is -2.35. The van der Waals surface area contributed by atoms with Crippen LogP contribution in [0.2, 0.25) is 0 Å². The Labute approximate surface area is 93.0 Å². The van der Waals surface area contributed by atoms with E-state index in [0.29, 0.717) is 24.3 Å². The summed E-state index contributed by atoms with van der Waals surface area (Å²) in [7, 11) is 0. The van der Waals surface area contributed by atoms with E-state index in [-0.39, 0.29) is 5.54 Å². The Hall–Kier alpha value is -0.570. The van der Waals surface area contributed by atoms with Crippen LogP contribution in [0, 0.1) is 5.92 Å². The minimum absolute atomic E-state index is 0.197. The summed E-state index contributed by atoms with van der Waals surface area (Å²) in [6.45, 7) is 9.31. The molecule has 1 aliphatic rings. The Kier molecular flexibility index (Phi) is 3.77. The zero-order valence-corrected chi connectivity index (χ0v) is 10.4. The maximum atomic E-state index is 11.7. The summed E-state index contributed by atoms with van der Waals surface area (Å²) in [6.07, 6.45) is 2.61. The van der Waals surface area contributed by atoms with Crippen LogP contribution in [0.25, 0.3) is 0 Å². The molecule has 0 aliphatic carbocycles. The van der Waals surface area contributed by atoms with Crippen molar-refractivity contribution in [1.82, 2.24) is 4.90 Å². The van der Waals surface area contributed by atoms with Crippen LogP contribution in [-0.2, 0) is 4.79 Å². The van der Waals surface area contributed by atoms with Gasteiger partial charge in [-0.3, -0.25) is 4.79 Å². The molecule has 0 radical (unpaired) electrons. The number of rotatable bonds is 4. The molecular weight excluding hydrogens is 188 g/mol. The zero-order valence-electron chi connectivity index (χ0n) is 10.4. The largest absolute Gasteiger partial charge is 0.339 e. The van der Waals surface area contributed by atoms with Gasteiger partial charge >= 0.3 is 0 Å². The van der Waals surface area contributed by atoms with Crippen molar-refractivity contribution in [3.8, 4) is 0 Å². The van der Waals surface area contributed by atoms with E-state index in [1.165, 1.54) is 0 Å². The van der Waals surface area contributed by atoms with Gasteiger partial charge in [0.15, 0.2) is 0 Å². The van der Waals surface area contributed by atoms with E-state index >= 15 is 0 Å². The lowest BCUT2D eigenvalue weighted by atomic mass is 9.89. The molecule has 1 rings (SSSR count). The van der Waals surface area contributed by atoms with Crippen LogP contribution in [0.5, 0.6) is 0 Å². The molecule has 1 fully saturated rings. The first-order chi connectivity index (χ1) is 6.81. The summed E-state index contributed by atoms with van der Waals surface area (Å²) in [5.41, 5.74) is 5.85. The van der Waals surface area contributed by atoms with E-state index in [0.717, 1.165) is 19.4 Å². The Morgan fingerprint density at radius 3 is 2.40 bits per heavy atom. The molecule has 1 heterocycles. The van der Waals surface area contributed by atoms with Crippen LogP contribution in [0.15, 0.2) is 0 Å². The van der Waals surface area contributed by atoms with Gasteiger partial charge in [0.05, 0.1) is 0 Å². The van der Waals surface area contributed by atoms with E-state index in [1.54, 1.807) is 0 Å². The number of hydrogen-bond acceptors (Lipinski definition) is 2. The average molecular weight is 212 g/mol. The third-order valence-electron chi connectivity index (χ3n) is 3.02. The first kappa shape index (κ1) is 12.5. The molecule has 3 heteroatoms. The van der Waals surface area contributed by atoms with Crippen LogP contribution in [0.1, 0.15) is 47.0 Å². The molecule has 2 N–H and O–H groups in total. The van der Waals surface area contributed by atoms with Crippen LogP contribution in [0.4, 0.5) is 0 Å². The number of amides is 1. The van der Waals surface area contributed by atoms with Gasteiger partial charge < -0.3 is 10.6 Å². The predicted molar refractivity (Wildman–Crippen MR) is 62.5 cm³/mol. The number of carbonyl (C=O) groups excluding carboxylic acids is 1. The van der Waals surface area contributed by atoms with E-state index < -0.39 is 0 Å². The Morgan fingerprint density at radius 1 is 1.47 bits per heavy atom. The van der Waals surface area contributed by atoms with Gasteiger partial charge in [0.1, 0.15) is 0 Å². The van der Waals surface area contributed by atoms with Gasteiger partial charge in [-0.1, -0.05) is 13.8 Å². The van der Waals surface area contributed by atoms with Gasteiger partial charge in [0.2, 0.25) is 5.91 Å². The van der Waals surface area contributed by atoms with Gasteiger partial charge in [-0.15, -0.1) is 0 Å². The van der Waals surface area contributed by atoms with E-state index in [1.807, 2.05) is 18.7 Å². The van der Waals surface area contributed by atoms with Gasteiger partial charge in [-0.05, 0) is 32.6 Å². The highest BCUT2D eigenvalue weighted by atomic mass is 16.2. The topological polar surface area (TPSA) is 46.3 Å². The molecule has 0 bridgehead atoms. The normalized spacial score (nSPS) is 20.1. The van der Waals surface area contributed by atoms with Gasteiger partial charge in [0.25, 0.3) is 0 Å². The molecular formula is C12H24N2O. The Balaban J connectivity index is 2.69. The average Bonchev–Trinajstić information content (AvgIpc) is 2.45. The summed E-state index contributed by atoms with van der Waals surface area (Å²) in [5.74, 6) is 0.785. The highest BCUT2D eigenvalue weighted by molar-refractivity contribution is 5.78. The lowest BCUT2D eigenvalue weighted by Crippen LogP contribution is -2.47. The van der Waals surface area contributed by atoms with E-state index in [9.17, 15) is 4.79 Å². The highest BCUT2D eigenvalue weighted by Gasteiger charge is 2.32. The molecule has 1 saturated heterocycles. The fourth-order valence-electron chi connectivity index (χ4n) is 2.26. The number of nitrogens with zero attached hydrogens (tertiary/aromatic N) is 1. The quantitative estimate of drug-likeness (QED) is 0.772. The molecule has 1 aliphatic heterocycles. The molecule has 1 unspecified atom stereocenters. The van der Waals surface area contributed by atoms with Crippen LogP contribution < -0.4 is 5.73 Å². The number of carbonyl (C=O) groups is 1. The smallest absolute Gasteiger partial charge is 0.222 e. The molecule has 0 spiro atoms. The number of likely N-dealkylation sites (tertiary alicyclic amines) is 1. The summed E-state index contributed by atoms with van der Waals surface area (Å²) >= 11 is 0. The van der Waals surface area contributed by atoms with Crippen molar-refractivity contribution >= 4 is 5.91 Å². The maximum absolute atomic E-state index is 11.7. The highest BCUT2D eigenvalue weighted by Crippen LogP contribution is 2.24. The van der Waals surface area contributed by atoms with Crippen LogP contribution >= 0.6 is 0 Å². The van der Waals surface area contributed by atoms with Crippen molar-refractivity contribution in [3.05, 3.63) is 0 Å². The van der Waals surface area contributed by atoms with Gasteiger partial charge in [-0.2, -0.15) is 0 Å². The van der Waals surface area contributed by atoms with E-state index in [4.69, 9.17) is 5.73 Å². The van der Waals surface area contributed by atoms with Crippen molar-refractivity contribution in [1.29, 1.82) is 0 Å². The molecule has 1 amide bonds. The van der Waals surface area contributed by atoms with Crippen molar-refractivity contribution in [2.75, 3.05) is 6.54 Å². The lowest BCUT2D eigenvalue weighted by molar-refractivity contribution is -0.130. The molecule has 15 heavy (non-hydrogen) atoms. The fourth-order valence-corrected chi connectivity index (χ4v) is 2.26. The fraction of sp³-hybridized carbons (Fsp3) is 0.917. The second kappa shape index (κ2) is 4.52. The molecule has 0 aromatic rings. The second-order valence-electron chi connectivity index (χ2n) is 5.69. The molecule has 0 aromatic carbocycles. The van der Waals surface area contributed by atoms with Crippen LogP contribution in [0.3, 0.4) is 0 Å². The molecule has 1 atom stereocenters. The van der Waals surface area contributed by atoms with Crippen molar-refractivity contribution in [3.63, 3.8) is 0 Å². The van der Waals surface area contributed by atoms with E-state index in [2.05, 4.69) is 13.8 Å². The minimum Gasteiger partial charge on any atom is -0.339 e. The molecule has 0 aromatic heterocycles. The Bertz CT molecular complexity index is 230.